The molecule has 2 aromatic carbocycles. The highest BCUT2D eigenvalue weighted by Crippen LogP contribution is 2.11. The van der Waals surface area contributed by atoms with Crippen LogP contribution in [-0.2, 0) is 9.53 Å². The molecular formula is C18H17F2NO4. The smallest absolute Gasteiger partial charge is 0.325 e. The third kappa shape index (κ3) is 6.21. The number of carbonyl (C=O) groups excluding carboxylic acids is 2. The first-order valence-electron chi connectivity index (χ1n) is 7.63. The Kier molecular flexibility index (Phi) is 6.88. The molecule has 0 atom stereocenters. The maximum Gasteiger partial charge on any atom is 0.325 e. The molecule has 2 aromatic rings. The predicted molar refractivity (Wildman–Crippen MR) is 86.2 cm³/mol. The topological polar surface area (TPSA) is 64.6 Å². The Morgan fingerprint density at radius 1 is 0.960 bits per heavy atom. The van der Waals surface area contributed by atoms with E-state index in [1.54, 1.807) is 0 Å². The highest BCUT2D eigenvalue weighted by Gasteiger charge is 2.12. The lowest BCUT2D eigenvalue weighted by Gasteiger charge is -2.08. The zero-order chi connectivity index (χ0) is 18.1. The van der Waals surface area contributed by atoms with Crippen LogP contribution in [0.3, 0.4) is 0 Å². The van der Waals surface area contributed by atoms with Crippen LogP contribution < -0.4 is 10.1 Å². The van der Waals surface area contributed by atoms with Gasteiger partial charge in [-0.2, -0.15) is 0 Å². The Hall–Kier alpha value is -2.96. The van der Waals surface area contributed by atoms with Crippen molar-refractivity contribution in [2.45, 2.75) is 6.42 Å². The largest absolute Gasteiger partial charge is 0.493 e. The fraction of sp³-hybridized carbons (Fsp3) is 0.222. The fourth-order valence-electron chi connectivity index (χ4n) is 1.91. The minimum absolute atomic E-state index is 0.107. The summed E-state index contributed by atoms with van der Waals surface area (Å²) in [5.74, 6) is -1.81. The molecule has 0 spiro atoms. The fourth-order valence-corrected chi connectivity index (χ4v) is 1.91. The minimum atomic E-state index is -0.685. The average Bonchev–Trinajstić information content (AvgIpc) is 2.61. The van der Waals surface area contributed by atoms with Gasteiger partial charge in [0, 0.05) is 6.42 Å². The van der Waals surface area contributed by atoms with Crippen molar-refractivity contribution < 1.29 is 27.8 Å². The van der Waals surface area contributed by atoms with Crippen LogP contribution >= 0.6 is 0 Å². The molecule has 0 aliphatic rings. The molecular weight excluding hydrogens is 332 g/mol. The summed E-state index contributed by atoms with van der Waals surface area (Å²) in [6, 6.07) is 11.0. The van der Waals surface area contributed by atoms with E-state index in [-0.39, 0.29) is 24.5 Å². The number of carbonyl (C=O) groups is 2. The molecule has 0 heterocycles. The second-order valence-electron chi connectivity index (χ2n) is 5.04. The van der Waals surface area contributed by atoms with E-state index in [1.807, 2.05) is 0 Å². The van der Waals surface area contributed by atoms with Crippen LogP contribution in [0.15, 0.2) is 48.5 Å². The first-order chi connectivity index (χ1) is 12.1. The van der Waals surface area contributed by atoms with E-state index in [9.17, 15) is 18.4 Å². The molecule has 1 N–H and O–H groups in total. The summed E-state index contributed by atoms with van der Waals surface area (Å²) in [7, 11) is 0. The summed E-state index contributed by atoms with van der Waals surface area (Å²) < 4.78 is 36.4. The molecule has 7 heteroatoms. The van der Waals surface area contributed by atoms with Crippen LogP contribution in [0.25, 0.3) is 0 Å². The van der Waals surface area contributed by atoms with Crippen LogP contribution in [0, 0.1) is 11.6 Å². The zero-order valence-electron chi connectivity index (χ0n) is 13.3. The highest BCUT2D eigenvalue weighted by atomic mass is 19.1. The molecule has 0 aromatic heterocycles. The van der Waals surface area contributed by atoms with Gasteiger partial charge in [0.25, 0.3) is 5.91 Å². The first kappa shape index (κ1) is 18.4. The monoisotopic (exact) mass is 349 g/mol. The van der Waals surface area contributed by atoms with E-state index in [2.05, 4.69) is 5.32 Å². The van der Waals surface area contributed by atoms with E-state index in [0.717, 1.165) is 6.07 Å². The predicted octanol–water partition coefficient (Wildman–Crippen LogP) is 2.71. The van der Waals surface area contributed by atoms with Gasteiger partial charge in [-0.25, -0.2) is 8.78 Å². The summed E-state index contributed by atoms with van der Waals surface area (Å²) in [5, 5.41) is 2.29. The van der Waals surface area contributed by atoms with Gasteiger partial charge in [-0.15, -0.1) is 0 Å². The van der Waals surface area contributed by atoms with Crippen LogP contribution in [0.4, 0.5) is 8.78 Å². The third-order valence-corrected chi connectivity index (χ3v) is 3.15. The van der Waals surface area contributed by atoms with Crippen LogP contribution in [-0.4, -0.2) is 31.6 Å². The van der Waals surface area contributed by atoms with Gasteiger partial charge < -0.3 is 14.8 Å². The number of rotatable bonds is 8. The van der Waals surface area contributed by atoms with E-state index < -0.39 is 17.7 Å². The molecule has 0 bridgehead atoms. The van der Waals surface area contributed by atoms with E-state index in [1.165, 1.54) is 42.5 Å². The Morgan fingerprint density at radius 2 is 1.68 bits per heavy atom. The van der Waals surface area contributed by atoms with Gasteiger partial charge in [0.15, 0.2) is 0 Å². The van der Waals surface area contributed by atoms with E-state index in [4.69, 9.17) is 9.47 Å². The van der Waals surface area contributed by atoms with Crippen molar-refractivity contribution in [2.75, 3.05) is 19.8 Å². The van der Waals surface area contributed by atoms with Gasteiger partial charge >= 0.3 is 5.97 Å². The molecule has 132 valence electrons. The maximum absolute atomic E-state index is 13.4. The number of halogens is 2. The average molecular weight is 349 g/mol. The molecule has 0 saturated heterocycles. The number of hydrogen-bond acceptors (Lipinski definition) is 4. The number of ether oxygens (including phenoxy) is 2. The summed E-state index contributed by atoms with van der Waals surface area (Å²) in [5.41, 5.74) is -0.136. The number of hydrogen-bond donors (Lipinski definition) is 1. The van der Waals surface area contributed by atoms with Crippen LogP contribution in [0.1, 0.15) is 16.8 Å². The van der Waals surface area contributed by atoms with Gasteiger partial charge in [0.05, 0.1) is 18.8 Å². The maximum atomic E-state index is 13.4. The summed E-state index contributed by atoms with van der Waals surface area (Å²) in [4.78, 5) is 23.2. The van der Waals surface area contributed by atoms with E-state index in [0.29, 0.717) is 18.8 Å². The lowest BCUT2D eigenvalue weighted by molar-refractivity contribution is -0.142. The highest BCUT2D eigenvalue weighted by molar-refractivity contribution is 5.96. The molecule has 0 aliphatic heterocycles. The van der Waals surface area contributed by atoms with Crippen molar-refractivity contribution in [3.8, 4) is 5.75 Å². The van der Waals surface area contributed by atoms with Gasteiger partial charge in [0.1, 0.15) is 23.9 Å². The van der Waals surface area contributed by atoms with E-state index >= 15 is 0 Å². The molecule has 0 unspecified atom stereocenters. The zero-order valence-corrected chi connectivity index (χ0v) is 13.3. The number of esters is 1. The van der Waals surface area contributed by atoms with Crippen molar-refractivity contribution >= 4 is 11.9 Å². The molecule has 0 radical (unpaired) electrons. The number of benzene rings is 2. The van der Waals surface area contributed by atoms with Crippen molar-refractivity contribution in [1.29, 1.82) is 0 Å². The molecule has 25 heavy (non-hydrogen) atoms. The number of amides is 1. The summed E-state index contributed by atoms with van der Waals surface area (Å²) in [6.07, 6.45) is 0.435. The second kappa shape index (κ2) is 9.36. The molecule has 0 fully saturated rings. The normalized spacial score (nSPS) is 10.2. The Labute approximate surface area is 143 Å². The lowest BCUT2D eigenvalue weighted by Crippen LogP contribution is -2.31. The Morgan fingerprint density at radius 3 is 2.40 bits per heavy atom. The van der Waals surface area contributed by atoms with Gasteiger partial charge in [0.2, 0.25) is 0 Å². The van der Waals surface area contributed by atoms with Crippen LogP contribution in [0.5, 0.6) is 5.75 Å². The first-order valence-corrected chi connectivity index (χ1v) is 7.63. The van der Waals surface area contributed by atoms with Crippen LogP contribution in [0.2, 0.25) is 0 Å². The van der Waals surface area contributed by atoms with Gasteiger partial charge in [-0.1, -0.05) is 12.1 Å². The molecule has 1 amide bonds. The second-order valence-corrected chi connectivity index (χ2v) is 5.04. The standard InChI is InChI=1S/C18H17F2NO4/c19-13-6-8-14(9-7-13)24-10-3-11-25-17(22)12-21-18(23)15-4-1-2-5-16(15)20/h1-2,4-9H,3,10-12H2,(H,21,23). The Bertz CT molecular complexity index is 719. The van der Waals surface area contributed by atoms with Gasteiger partial charge in [-0.05, 0) is 36.4 Å². The molecule has 2 rings (SSSR count). The molecule has 0 saturated carbocycles. The van der Waals surface area contributed by atoms with Crippen molar-refractivity contribution in [1.82, 2.24) is 5.32 Å². The van der Waals surface area contributed by atoms with Gasteiger partial charge in [-0.3, -0.25) is 9.59 Å². The number of nitrogens with one attached hydrogen (secondary N) is 1. The Balaban J connectivity index is 1.60. The third-order valence-electron chi connectivity index (χ3n) is 3.15. The van der Waals surface area contributed by atoms with Crippen molar-refractivity contribution in [3.05, 3.63) is 65.7 Å². The summed E-state index contributed by atoms with van der Waals surface area (Å²) >= 11 is 0. The summed E-state index contributed by atoms with van der Waals surface area (Å²) in [6.45, 7) is 0.0437. The van der Waals surface area contributed by atoms with Crippen molar-refractivity contribution in [2.24, 2.45) is 0 Å². The molecule has 0 aliphatic carbocycles. The quantitative estimate of drug-likeness (QED) is 0.588. The van der Waals surface area contributed by atoms with Crippen molar-refractivity contribution in [3.63, 3.8) is 0 Å². The SMILES string of the molecule is O=C(CNC(=O)c1ccccc1F)OCCCOc1ccc(F)cc1. The minimum Gasteiger partial charge on any atom is -0.493 e. The molecule has 5 nitrogen and oxygen atoms in total. The lowest BCUT2D eigenvalue weighted by atomic mass is 10.2.